The average molecular weight is 254 g/mol. The van der Waals surface area contributed by atoms with Crippen LogP contribution in [0.1, 0.15) is 5.56 Å². The smallest absolute Gasteiger partial charge is 0.238 e. The molecule has 0 saturated carbocycles. The van der Waals surface area contributed by atoms with Gasteiger partial charge in [0.15, 0.2) is 0 Å². The Labute approximate surface area is 113 Å². The fourth-order valence-corrected chi connectivity index (χ4v) is 1.81. The van der Waals surface area contributed by atoms with E-state index in [1.165, 1.54) is 5.56 Å². The maximum atomic E-state index is 11.7. The number of rotatable bonds is 6. The Balaban J connectivity index is 1.65. The number of amides is 1. The van der Waals surface area contributed by atoms with Crippen molar-refractivity contribution in [2.75, 3.05) is 18.4 Å². The number of carbonyl (C=O) groups excluding carboxylic acids is 1. The van der Waals surface area contributed by atoms with Gasteiger partial charge < -0.3 is 10.6 Å². The third-order valence-electron chi connectivity index (χ3n) is 2.78. The minimum Gasteiger partial charge on any atom is -0.325 e. The van der Waals surface area contributed by atoms with Crippen LogP contribution in [0.3, 0.4) is 0 Å². The third-order valence-corrected chi connectivity index (χ3v) is 2.78. The van der Waals surface area contributed by atoms with Crippen molar-refractivity contribution in [1.29, 1.82) is 0 Å². The van der Waals surface area contributed by atoms with Crippen molar-refractivity contribution < 1.29 is 4.79 Å². The van der Waals surface area contributed by atoms with E-state index in [-0.39, 0.29) is 5.91 Å². The van der Waals surface area contributed by atoms with Crippen molar-refractivity contribution in [3.8, 4) is 0 Å². The van der Waals surface area contributed by atoms with Crippen molar-refractivity contribution in [3.63, 3.8) is 0 Å². The second-order valence-corrected chi connectivity index (χ2v) is 4.33. The Kier molecular flexibility index (Phi) is 5.14. The maximum Gasteiger partial charge on any atom is 0.238 e. The highest BCUT2D eigenvalue weighted by molar-refractivity contribution is 5.92. The van der Waals surface area contributed by atoms with E-state index in [2.05, 4.69) is 22.8 Å². The van der Waals surface area contributed by atoms with Crippen molar-refractivity contribution >= 4 is 11.6 Å². The molecule has 0 aliphatic rings. The largest absolute Gasteiger partial charge is 0.325 e. The topological polar surface area (TPSA) is 41.1 Å². The van der Waals surface area contributed by atoms with Crippen LogP contribution in [0, 0.1) is 0 Å². The van der Waals surface area contributed by atoms with Crippen LogP contribution >= 0.6 is 0 Å². The molecule has 2 N–H and O–H groups in total. The molecular weight excluding hydrogens is 236 g/mol. The van der Waals surface area contributed by atoms with Crippen molar-refractivity contribution in [1.82, 2.24) is 5.32 Å². The maximum absolute atomic E-state index is 11.7. The lowest BCUT2D eigenvalue weighted by molar-refractivity contribution is -0.115. The second-order valence-electron chi connectivity index (χ2n) is 4.33. The SMILES string of the molecule is O=C(CNCCc1ccccc1)Nc1ccccc1. The number of benzene rings is 2. The fourth-order valence-electron chi connectivity index (χ4n) is 1.81. The van der Waals surface area contributed by atoms with Crippen LogP contribution in [0.25, 0.3) is 0 Å². The molecule has 0 bridgehead atoms. The van der Waals surface area contributed by atoms with Crippen molar-refractivity contribution in [3.05, 3.63) is 66.2 Å². The first-order valence-corrected chi connectivity index (χ1v) is 6.44. The summed E-state index contributed by atoms with van der Waals surface area (Å²) in [5.41, 5.74) is 2.11. The Morgan fingerprint density at radius 2 is 1.53 bits per heavy atom. The summed E-state index contributed by atoms with van der Waals surface area (Å²) < 4.78 is 0. The zero-order chi connectivity index (χ0) is 13.3. The van der Waals surface area contributed by atoms with Crippen LogP contribution in [-0.4, -0.2) is 19.0 Å². The molecule has 0 spiro atoms. The van der Waals surface area contributed by atoms with Gasteiger partial charge in [-0.2, -0.15) is 0 Å². The summed E-state index contributed by atoms with van der Waals surface area (Å²) in [4.78, 5) is 11.7. The van der Waals surface area contributed by atoms with Crippen molar-refractivity contribution in [2.45, 2.75) is 6.42 Å². The summed E-state index contributed by atoms with van der Waals surface area (Å²) in [5, 5.41) is 5.98. The molecule has 0 heterocycles. The van der Waals surface area contributed by atoms with Gasteiger partial charge in [-0.1, -0.05) is 48.5 Å². The highest BCUT2D eigenvalue weighted by Gasteiger charge is 2.00. The van der Waals surface area contributed by atoms with Gasteiger partial charge in [0.05, 0.1) is 6.54 Å². The molecule has 98 valence electrons. The molecule has 2 aromatic rings. The minimum absolute atomic E-state index is 0.0146. The molecule has 0 radical (unpaired) electrons. The summed E-state index contributed by atoms with van der Waals surface area (Å²) in [5.74, 6) is -0.0146. The molecular formula is C16H18N2O. The van der Waals surface area contributed by atoms with Gasteiger partial charge in [0.2, 0.25) is 5.91 Å². The Bertz CT molecular complexity index is 497. The normalized spacial score (nSPS) is 10.1. The predicted molar refractivity (Wildman–Crippen MR) is 78.1 cm³/mol. The quantitative estimate of drug-likeness (QED) is 0.777. The van der Waals surface area contributed by atoms with Gasteiger partial charge >= 0.3 is 0 Å². The summed E-state index contributed by atoms with van der Waals surface area (Å²) in [6, 6.07) is 19.7. The molecule has 0 aliphatic heterocycles. The fraction of sp³-hybridized carbons (Fsp3) is 0.188. The lowest BCUT2D eigenvalue weighted by Crippen LogP contribution is -2.29. The van der Waals surface area contributed by atoms with E-state index >= 15 is 0 Å². The monoisotopic (exact) mass is 254 g/mol. The van der Waals surface area contributed by atoms with E-state index in [0.717, 1.165) is 18.7 Å². The minimum atomic E-state index is -0.0146. The van der Waals surface area contributed by atoms with E-state index in [1.807, 2.05) is 48.5 Å². The molecule has 0 fully saturated rings. The van der Waals surface area contributed by atoms with Crippen LogP contribution in [0.2, 0.25) is 0 Å². The molecule has 0 atom stereocenters. The lowest BCUT2D eigenvalue weighted by Gasteiger charge is -2.06. The Morgan fingerprint density at radius 3 is 2.21 bits per heavy atom. The molecule has 2 rings (SSSR count). The van der Waals surface area contributed by atoms with E-state index in [9.17, 15) is 4.79 Å². The molecule has 1 amide bonds. The Hall–Kier alpha value is -2.13. The third kappa shape index (κ3) is 4.94. The number of para-hydroxylation sites is 1. The molecule has 19 heavy (non-hydrogen) atoms. The van der Waals surface area contributed by atoms with E-state index in [0.29, 0.717) is 6.54 Å². The molecule has 3 heteroatoms. The van der Waals surface area contributed by atoms with Gasteiger partial charge in [-0.25, -0.2) is 0 Å². The zero-order valence-electron chi connectivity index (χ0n) is 10.8. The van der Waals surface area contributed by atoms with E-state index in [4.69, 9.17) is 0 Å². The first-order valence-electron chi connectivity index (χ1n) is 6.44. The Morgan fingerprint density at radius 1 is 0.895 bits per heavy atom. The molecule has 3 nitrogen and oxygen atoms in total. The van der Waals surface area contributed by atoms with Crippen LogP contribution in [0.5, 0.6) is 0 Å². The van der Waals surface area contributed by atoms with Crippen LogP contribution < -0.4 is 10.6 Å². The zero-order valence-corrected chi connectivity index (χ0v) is 10.8. The second kappa shape index (κ2) is 7.34. The number of carbonyl (C=O) groups is 1. The van der Waals surface area contributed by atoms with Crippen molar-refractivity contribution in [2.24, 2.45) is 0 Å². The number of nitrogens with one attached hydrogen (secondary N) is 2. The molecule has 0 unspecified atom stereocenters. The number of anilines is 1. The molecule has 2 aromatic carbocycles. The standard InChI is InChI=1S/C16H18N2O/c19-16(18-15-9-5-2-6-10-15)13-17-12-11-14-7-3-1-4-8-14/h1-10,17H,11-13H2,(H,18,19). The first kappa shape index (κ1) is 13.3. The summed E-state index contributed by atoms with van der Waals surface area (Å²) in [6.07, 6.45) is 0.930. The average Bonchev–Trinajstić information content (AvgIpc) is 2.46. The number of hydrogen-bond acceptors (Lipinski definition) is 2. The highest BCUT2D eigenvalue weighted by Crippen LogP contribution is 2.04. The van der Waals surface area contributed by atoms with Gasteiger partial charge in [0, 0.05) is 5.69 Å². The van der Waals surface area contributed by atoms with Gasteiger partial charge in [0.1, 0.15) is 0 Å². The summed E-state index contributed by atoms with van der Waals surface area (Å²) in [7, 11) is 0. The highest BCUT2D eigenvalue weighted by atomic mass is 16.1. The molecule has 0 aromatic heterocycles. The summed E-state index contributed by atoms with van der Waals surface area (Å²) in [6.45, 7) is 1.13. The lowest BCUT2D eigenvalue weighted by atomic mass is 10.1. The van der Waals surface area contributed by atoms with Gasteiger partial charge in [-0.15, -0.1) is 0 Å². The molecule has 0 aliphatic carbocycles. The van der Waals surface area contributed by atoms with Gasteiger partial charge in [-0.05, 0) is 30.7 Å². The van der Waals surface area contributed by atoms with Gasteiger partial charge in [-0.3, -0.25) is 4.79 Å². The molecule has 0 saturated heterocycles. The number of hydrogen-bond donors (Lipinski definition) is 2. The van der Waals surface area contributed by atoms with Crippen LogP contribution in [0.15, 0.2) is 60.7 Å². The van der Waals surface area contributed by atoms with E-state index in [1.54, 1.807) is 0 Å². The summed E-state index contributed by atoms with van der Waals surface area (Å²) >= 11 is 0. The van der Waals surface area contributed by atoms with Crippen LogP contribution in [0.4, 0.5) is 5.69 Å². The van der Waals surface area contributed by atoms with Gasteiger partial charge in [0.25, 0.3) is 0 Å². The van der Waals surface area contributed by atoms with Crippen LogP contribution in [-0.2, 0) is 11.2 Å². The predicted octanol–water partition coefficient (Wildman–Crippen LogP) is 2.46. The first-order chi connectivity index (χ1) is 9.34. The van der Waals surface area contributed by atoms with E-state index < -0.39 is 0 Å².